The van der Waals surface area contributed by atoms with Crippen molar-refractivity contribution in [2.75, 3.05) is 5.32 Å². The summed E-state index contributed by atoms with van der Waals surface area (Å²) >= 11 is 2.18. The molecule has 0 aliphatic carbocycles. The Morgan fingerprint density at radius 1 is 1.22 bits per heavy atom. The molecule has 4 N–H and O–H groups in total. The predicted octanol–water partition coefficient (Wildman–Crippen LogP) is 2.47. The summed E-state index contributed by atoms with van der Waals surface area (Å²) in [6.07, 6.45) is -0.663. The molecule has 0 spiro atoms. The number of phenolic OH excluding ortho intramolecular Hbond substituents is 2. The van der Waals surface area contributed by atoms with E-state index in [2.05, 4.69) is 27.9 Å². The third kappa shape index (κ3) is 2.10. The molecule has 118 valence electrons. The van der Waals surface area contributed by atoms with Crippen LogP contribution in [0.2, 0.25) is 0 Å². The summed E-state index contributed by atoms with van der Waals surface area (Å²) in [5.41, 5.74) is 1.80. The van der Waals surface area contributed by atoms with E-state index < -0.39 is 24.0 Å². The highest BCUT2D eigenvalue weighted by Crippen LogP contribution is 2.52. The first-order chi connectivity index (χ1) is 11.0. The van der Waals surface area contributed by atoms with Crippen LogP contribution in [0.25, 0.3) is 0 Å². The highest BCUT2D eigenvalue weighted by molar-refractivity contribution is 14.1. The number of phenols is 2. The van der Waals surface area contributed by atoms with Gasteiger partial charge in [-0.15, -0.1) is 0 Å². The molecule has 0 amide bonds. The van der Waals surface area contributed by atoms with Crippen LogP contribution in [0.15, 0.2) is 30.3 Å². The minimum Gasteiger partial charge on any atom is -0.508 e. The fourth-order valence-corrected chi connectivity index (χ4v) is 3.88. The fourth-order valence-electron chi connectivity index (χ4n) is 3.36. The standard InChI is InChI=1S/C16H12INO5/c17-6-1-2-11-8(3-6)12-13-9(4-7(19)5-10(13)20)18-14(16(21)22)15(12)23-11/h1-5,12,14-15,18-20H,(H,21,22). The Hall–Kier alpha value is -2.16. The van der Waals surface area contributed by atoms with Gasteiger partial charge in [-0.2, -0.15) is 0 Å². The van der Waals surface area contributed by atoms with Gasteiger partial charge in [0.1, 0.15) is 23.4 Å². The molecule has 3 atom stereocenters. The summed E-state index contributed by atoms with van der Waals surface area (Å²) < 4.78 is 6.86. The molecule has 2 heterocycles. The summed E-state index contributed by atoms with van der Waals surface area (Å²) in [6, 6.07) is 7.33. The van der Waals surface area contributed by atoms with E-state index in [1.54, 1.807) is 0 Å². The van der Waals surface area contributed by atoms with Gasteiger partial charge in [0, 0.05) is 32.5 Å². The van der Waals surface area contributed by atoms with Crippen LogP contribution in [0.4, 0.5) is 5.69 Å². The fraction of sp³-hybridized carbons (Fsp3) is 0.188. The number of carbonyl (C=O) groups is 1. The zero-order valence-electron chi connectivity index (χ0n) is 11.7. The van der Waals surface area contributed by atoms with Crippen molar-refractivity contribution in [2.24, 2.45) is 0 Å². The number of carboxylic acids is 1. The van der Waals surface area contributed by atoms with Gasteiger partial charge in [-0.25, -0.2) is 4.79 Å². The molecule has 2 aliphatic rings. The van der Waals surface area contributed by atoms with Crippen LogP contribution < -0.4 is 10.1 Å². The van der Waals surface area contributed by atoms with Crippen molar-refractivity contribution < 1.29 is 24.9 Å². The second kappa shape index (κ2) is 4.92. The van der Waals surface area contributed by atoms with E-state index in [9.17, 15) is 20.1 Å². The monoisotopic (exact) mass is 425 g/mol. The number of fused-ring (bicyclic) bond motifs is 5. The van der Waals surface area contributed by atoms with Crippen molar-refractivity contribution in [1.29, 1.82) is 0 Å². The topological polar surface area (TPSA) is 99.0 Å². The largest absolute Gasteiger partial charge is 0.508 e. The van der Waals surface area contributed by atoms with Gasteiger partial charge in [0.2, 0.25) is 0 Å². The highest BCUT2D eigenvalue weighted by atomic mass is 127. The van der Waals surface area contributed by atoms with Crippen LogP contribution in [0.3, 0.4) is 0 Å². The lowest BCUT2D eigenvalue weighted by Crippen LogP contribution is -2.48. The lowest BCUT2D eigenvalue weighted by Gasteiger charge is -2.34. The highest BCUT2D eigenvalue weighted by Gasteiger charge is 2.49. The van der Waals surface area contributed by atoms with E-state index in [0.717, 1.165) is 9.13 Å². The Labute approximate surface area is 144 Å². The van der Waals surface area contributed by atoms with Gasteiger partial charge >= 0.3 is 5.97 Å². The Kier molecular flexibility index (Phi) is 3.09. The van der Waals surface area contributed by atoms with Gasteiger partial charge in [0.25, 0.3) is 0 Å². The van der Waals surface area contributed by atoms with Crippen molar-refractivity contribution in [3.8, 4) is 17.2 Å². The zero-order chi connectivity index (χ0) is 16.3. The van der Waals surface area contributed by atoms with Crippen molar-refractivity contribution in [3.63, 3.8) is 0 Å². The number of aromatic hydroxyl groups is 2. The molecule has 6 nitrogen and oxygen atoms in total. The second-order valence-electron chi connectivity index (χ2n) is 5.63. The molecule has 4 rings (SSSR count). The minimum absolute atomic E-state index is 0.0818. The average Bonchev–Trinajstić information content (AvgIpc) is 2.84. The number of hydrogen-bond acceptors (Lipinski definition) is 5. The maximum atomic E-state index is 11.6. The molecule has 2 aromatic carbocycles. The number of nitrogens with one attached hydrogen (secondary N) is 1. The summed E-state index contributed by atoms with van der Waals surface area (Å²) in [5, 5.41) is 32.4. The summed E-state index contributed by atoms with van der Waals surface area (Å²) in [7, 11) is 0. The zero-order valence-corrected chi connectivity index (χ0v) is 13.8. The van der Waals surface area contributed by atoms with Crippen LogP contribution in [-0.2, 0) is 4.79 Å². The summed E-state index contributed by atoms with van der Waals surface area (Å²) in [5.74, 6) is -1.04. The van der Waals surface area contributed by atoms with Gasteiger partial charge < -0.3 is 25.4 Å². The first-order valence-electron chi connectivity index (χ1n) is 6.97. The van der Waals surface area contributed by atoms with E-state index in [4.69, 9.17) is 4.74 Å². The van der Waals surface area contributed by atoms with Gasteiger partial charge in [0.15, 0.2) is 6.04 Å². The Morgan fingerprint density at radius 2 is 2.00 bits per heavy atom. The maximum absolute atomic E-state index is 11.6. The number of ether oxygens (including phenoxy) is 1. The normalized spacial score (nSPS) is 24.0. The van der Waals surface area contributed by atoms with E-state index in [1.165, 1.54) is 12.1 Å². The molecule has 0 aromatic heterocycles. The predicted molar refractivity (Wildman–Crippen MR) is 90.2 cm³/mol. The molecular formula is C16H12INO5. The summed E-state index contributed by atoms with van der Waals surface area (Å²) in [4.78, 5) is 11.6. The number of rotatable bonds is 1. The molecule has 0 saturated heterocycles. The lowest BCUT2D eigenvalue weighted by atomic mass is 9.80. The van der Waals surface area contributed by atoms with Crippen molar-refractivity contribution in [1.82, 2.24) is 0 Å². The van der Waals surface area contributed by atoms with Gasteiger partial charge in [0.05, 0.1) is 5.92 Å². The molecule has 7 heteroatoms. The van der Waals surface area contributed by atoms with E-state index in [0.29, 0.717) is 17.0 Å². The minimum atomic E-state index is -1.05. The van der Waals surface area contributed by atoms with E-state index in [1.807, 2.05) is 18.2 Å². The van der Waals surface area contributed by atoms with E-state index >= 15 is 0 Å². The molecular weight excluding hydrogens is 413 g/mol. The van der Waals surface area contributed by atoms with Crippen molar-refractivity contribution >= 4 is 34.2 Å². The molecule has 3 unspecified atom stereocenters. The first kappa shape index (κ1) is 14.4. The van der Waals surface area contributed by atoms with Gasteiger partial charge in [-0.05, 0) is 40.8 Å². The summed E-state index contributed by atoms with van der Waals surface area (Å²) in [6.45, 7) is 0. The first-order valence-corrected chi connectivity index (χ1v) is 8.05. The number of carboxylic acid groups (broad SMARTS) is 1. The lowest BCUT2D eigenvalue weighted by molar-refractivity contribution is -0.140. The Balaban J connectivity index is 1.97. The Bertz CT molecular complexity index is 837. The average molecular weight is 425 g/mol. The molecule has 23 heavy (non-hydrogen) atoms. The maximum Gasteiger partial charge on any atom is 0.330 e. The number of anilines is 1. The number of halogens is 1. The van der Waals surface area contributed by atoms with E-state index in [-0.39, 0.29) is 11.5 Å². The van der Waals surface area contributed by atoms with Crippen LogP contribution in [0.5, 0.6) is 17.2 Å². The quantitative estimate of drug-likeness (QED) is 0.525. The van der Waals surface area contributed by atoms with Gasteiger partial charge in [-0.1, -0.05) is 0 Å². The van der Waals surface area contributed by atoms with Gasteiger partial charge in [-0.3, -0.25) is 0 Å². The molecule has 2 aromatic rings. The van der Waals surface area contributed by atoms with Crippen molar-refractivity contribution in [3.05, 3.63) is 45.0 Å². The van der Waals surface area contributed by atoms with Crippen LogP contribution in [0, 0.1) is 3.57 Å². The number of aliphatic carboxylic acids is 1. The number of hydrogen-bond donors (Lipinski definition) is 4. The SMILES string of the molecule is O=C(O)C1Nc2cc(O)cc(O)c2C2c3cc(I)ccc3OC12. The van der Waals surface area contributed by atoms with Crippen molar-refractivity contribution in [2.45, 2.75) is 18.1 Å². The second-order valence-corrected chi connectivity index (χ2v) is 6.87. The van der Waals surface area contributed by atoms with Crippen LogP contribution in [-0.4, -0.2) is 33.4 Å². The molecule has 0 bridgehead atoms. The molecule has 0 fully saturated rings. The van der Waals surface area contributed by atoms with Crippen LogP contribution in [0.1, 0.15) is 17.0 Å². The molecule has 0 radical (unpaired) electrons. The smallest absolute Gasteiger partial charge is 0.330 e. The molecule has 0 saturated carbocycles. The van der Waals surface area contributed by atoms with Crippen LogP contribution >= 0.6 is 22.6 Å². The Morgan fingerprint density at radius 3 is 2.74 bits per heavy atom. The third-order valence-electron chi connectivity index (χ3n) is 4.26. The molecule has 2 aliphatic heterocycles. The third-order valence-corrected chi connectivity index (χ3v) is 4.93. The number of benzene rings is 2.